The van der Waals surface area contributed by atoms with E-state index in [1.807, 2.05) is 19.2 Å². The quantitative estimate of drug-likeness (QED) is 0.868. The zero-order valence-corrected chi connectivity index (χ0v) is 10.7. The van der Waals surface area contributed by atoms with E-state index in [0.29, 0.717) is 4.90 Å². The van der Waals surface area contributed by atoms with Gasteiger partial charge in [-0.1, -0.05) is 6.07 Å². The summed E-state index contributed by atoms with van der Waals surface area (Å²) in [6.45, 7) is 1.95. The molecule has 3 N–H and O–H groups in total. The Morgan fingerprint density at radius 2 is 2.12 bits per heavy atom. The number of aromatic nitrogens is 1. The van der Waals surface area contributed by atoms with Crippen molar-refractivity contribution in [2.75, 3.05) is 6.26 Å². The van der Waals surface area contributed by atoms with Crippen LogP contribution in [0.1, 0.15) is 12.5 Å². The van der Waals surface area contributed by atoms with Crippen LogP contribution in [0.25, 0.3) is 10.9 Å². The van der Waals surface area contributed by atoms with Crippen molar-refractivity contribution in [1.29, 1.82) is 0 Å². The first-order valence-electron chi connectivity index (χ1n) is 5.43. The van der Waals surface area contributed by atoms with E-state index >= 15 is 0 Å². The Bertz CT molecular complexity index is 642. The van der Waals surface area contributed by atoms with Crippen LogP contribution in [-0.4, -0.2) is 25.7 Å². The molecule has 1 aromatic heterocycles. The smallest absolute Gasteiger partial charge is 0.175 e. The van der Waals surface area contributed by atoms with Crippen molar-refractivity contribution in [1.82, 2.24) is 4.98 Å². The highest BCUT2D eigenvalue weighted by molar-refractivity contribution is 7.90. The Balaban J connectivity index is 2.52. The second kappa shape index (κ2) is 4.16. The molecule has 5 heteroatoms. The first kappa shape index (κ1) is 12.1. The number of H-pyrrole nitrogens is 1. The lowest BCUT2D eigenvalue weighted by Crippen LogP contribution is -2.17. The fraction of sp³-hybridized carbons (Fsp3) is 0.333. The van der Waals surface area contributed by atoms with Gasteiger partial charge in [-0.05, 0) is 31.0 Å². The molecule has 2 aromatic rings. The molecule has 1 heterocycles. The summed E-state index contributed by atoms with van der Waals surface area (Å²) in [7, 11) is -3.15. The molecule has 0 spiro atoms. The molecule has 0 amide bonds. The summed E-state index contributed by atoms with van der Waals surface area (Å²) in [5, 5.41) is 1.04. The molecule has 1 aromatic carbocycles. The largest absolute Gasteiger partial charge is 0.361 e. The van der Waals surface area contributed by atoms with E-state index in [2.05, 4.69) is 4.98 Å². The number of hydrogen-bond donors (Lipinski definition) is 2. The van der Waals surface area contributed by atoms with Gasteiger partial charge in [-0.15, -0.1) is 0 Å². The maximum Gasteiger partial charge on any atom is 0.175 e. The molecule has 1 unspecified atom stereocenters. The van der Waals surface area contributed by atoms with Crippen molar-refractivity contribution in [3.8, 4) is 0 Å². The lowest BCUT2D eigenvalue weighted by Gasteiger charge is -2.03. The Morgan fingerprint density at radius 1 is 1.41 bits per heavy atom. The average molecular weight is 252 g/mol. The monoisotopic (exact) mass is 252 g/mol. The topological polar surface area (TPSA) is 76.0 Å². The Labute approximate surface area is 101 Å². The third kappa shape index (κ3) is 2.50. The van der Waals surface area contributed by atoms with Crippen LogP contribution in [0, 0.1) is 0 Å². The summed E-state index contributed by atoms with van der Waals surface area (Å²) in [4.78, 5) is 3.42. The lowest BCUT2D eigenvalue weighted by atomic mass is 10.1. The number of nitrogens with two attached hydrogens (primary N) is 1. The van der Waals surface area contributed by atoms with Crippen LogP contribution >= 0.6 is 0 Å². The first-order chi connectivity index (χ1) is 7.88. The molecule has 2 rings (SSSR count). The summed E-state index contributed by atoms with van der Waals surface area (Å²) >= 11 is 0. The number of sulfone groups is 1. The predicted molar refractivity (Wildman–Crippen MR) is 68.8 cm³/mol. The molecule has 0 aliphatic rings. The third-order valence-electron chi connectivity index (χ3n) is 2.71. The summed E-state index contributed by atoms with van der Waals surface area (Å²) in [6, 6.07) is 5.22. The predicted octanol–water partition coefficient (Wildman–Crippen LogP) is 1.46. The van der Waals surface area contributed by atoms with Crippen LogP contribution in [0.3, 0.4) is 0 Å². The minimum atomic E-state index is -3.15. The van der Waals surface area contributed by atoms with Gasteiger partial charge in [-0.25, -0.2) is 8.42 Å². The molecular formula is C12H16N2O2S. The number of rotatable bonds is 3. The molecule has 4 nitrogen and oxygen atoms in total. The van der Waals surface area contributed by atoms with Crippen LogP contribution in [-0.2, 0) is 16.3 Å². The fourth-order valence-electron chi connectivity index (χ4n) is 1.91. The van der Waals surface area contributed by atoms with E-state index in [4.69, 9.17) is 5.73 Å². The molecule has 0 aliphatic carbocycles. The van der Waals surface area contributed by atoms with Crippen LogP contribution in [0.4, 0.5) is 0 Å². The zero-order chi connectivity index (χ0) is 12.6. The standard InChI is InChI=1S/C12H16N2O2S/c1-8(13)5-9-7-14-12-6-10(17(2,15)16)3-4-11(9)12/h3-4,6-8,14H,5,13H2,1-2H3. The van der Waals surface area contributed by atoms with Crippen molar-refractivity contribution < 1.29 is 8.42 Å². The van der Waals surface area contributed by atoms with Gasteiger partial charge < -0.3 is 10.7 Å². The van der Waals surface area contributed by atoms with Gasteiger partial charge in [0.05, 0.1) is 4.90 Å². The molecule has 0 aliphatic heterocycles. The van der Waals surface area contributed by atoms with E-state index < -0.39 is 9.84 Å². The molecule has 0 fully saturated rings. The summed E-state index contributed by atoms with van der Waals surface area (Å²) in [6.07, 6.45) is 3.87. The molecule has 0 saturated heterocycles. The van der Waals surface area contributed by atoms with Crippen LogP contribution in [0.2, 0.25) is 0 Å². The SMILES string of the molecule is CC(N)Cc1c[nH]c2cc(S(C)(=O)=O)ccc12. The van der Waals surface area contributed by atoms with Crippen molar-refractivity contribution >= 4 is 20.7 Å². The molecule has 17 heavy (non-hydrogen) atoms. The van der Waals surface area contributed by atoms with Crippen LogP contribution < -0.4 is 5.73 Å². The van der Waals surface area contributed by atoms with E-state index in [0.717, 1.165) is 22.9 Å². The Hall–Kier alpha value is -1.33. The van der Waals surface area contributed by atoms with E-state index in [-0.39, 0.29) is 6.04 Å². The van der Waals surface area contributed by atoms with Gasteiger partial charge in [0.2, 0.25) is 0 Å². The van der Waals surface area contributed by atoms with Gasteiger partial charge in [0.25, 0.3) is 0 Å². The maximum absolute atomic E-state index is 11.4. The normalized spacial score (nSPS) is 14.1. The number of nitrogens with one attached hydrogen (secondary N) is 1. The number of aromatic amines is 1. The molecule has 0 bridgehead atoms. The zero-order valence-electron chi connectivity index (χ0n) is 9.90. The minimum Gasteiger partial charge on any atom is -0.361 e. The van der Waals surface area contributed by atoms with Crippen molar-refractivity contribution in [2.24, 2.45) is 5.73 Å². The van der Waals surface area contributed by atoms with Crippen molar-refractivity contribution in [3.05, 3.63) is 30.0 Å². The third-order valence-corrected chi connectivity index (χ3v) is 3.82. The van der Waals surface area contributed by atoms with Gasteiger partial charge in [0.15, 0.2) is 9.84 Å². The van der Waals surface area contributed by atoms with Crippen LogP contribution in [0.15, 0.2) is 29.3 Å². The van der Waals surface area contributed by atoms with Gasteiger partial charge in [-0.2, -0.15) is 0 Å². The Kier molecular flexibility index (Phi) is 2.97. The van der Waals surface area contributed by atoms with Gasteiger partial charge >= 0.3 is 0 Å². The van der Waals surface area contributed by atoms with E-state index in [1.165, 1.54) is 6.26 Å². The number of hydrogen-bond acceptors (Lipinski definition) is 3. The summed E-state index contributed by atoms with van der Waals surface area (Å²) in [5.41, 5.74) is 7.72. The van der Waals surface area contributed by atoms with Gasteiger partial charge in [-0.3, -0.25) is 0 Å². The van der Waals surface area contributed by atoms with E-state index in [9.17, 15) is 8.42 Å². The molecule has 92 valence electrons. The molecule has 0 radical (unpaired) electrons. The Morgan fingerprint density at radius 3 is 2.71 bits per heavy atom. The summed E-state index contributed by atoms with van der Waals surface area (Å²) in [5.74, 6) is 0. The summed E-state index contributed by atoms with van der Waals surface area (Å²) < 4.78 is 22.9. The number of fused-ring (bicyclic) bond motifs is 1. The van der Waals surface area contributed by atoms with Crippen LogP contribution in [0.5, 0.6) is 0 Å². The lowest BCUT2D eigenvalue weighted by molar-refractivity contribution is 0.602. The molecule has 0 saturated carbocycles. The second-order valence-corrected chi connectivity index (χ2v) is 6.49. The highest BCUT2D eigenvalue weighted by Crippen LogP contribution is 2.22. The highest BCUT2D eigenvalue weighted by Gasteiger charge is 2.11. The highest BCUT2D eigenvalue weighted by atomic mass is 32.2. The molecule has 1 atom stereocenters. The van der Waals surface area contributed by atoms with E-state index in [1.54, 1.807) is 12.1 Å². The first-order valence-corrected chi connectivity index (χ1v) is 7.32. The van der Waals surface area contributed by atoms with Crippen molar-refractivity contribution in [2.45, 2.75) is 24.3 Å². The average Bonchev–Trinajstić information content (AvgIpc) is 2.59. The fourth-order valence-corrected chi connectivity index (χ4v) is 2.56. The molecular weight excluding hydrogens is 236 g/mol. The second-order valence-electron chi connectivity index (χ2n) is 4.47. The maximum atomic E-state index is 11.4. The van der Waals surface area contributed by atoms with Crippen molar-refractivity contribution in [3.63, 3.8) is 0 Å². The van der Waals surface area contributed by atoms with Gasteiger partial charge in [0.1, 0.15) is 0 Å². The minimum absolute atomic E-state index is 0.0867. The number of benzene rings is 1. The van der Waals surface area contributed by atoms with Gasteiger partial charge in [0, 0.05) is 29.4 Å².